The topological polar surface area (TPSA) is 56.3 Å². The van der Waals surface area contributed by atoms with Crippen LogP contribution in [0.1, 0.15) is 24.1 Å². The van der Waals surface area contributed by atoms with Gasteiger partial charge in [0, 0.05) is 22.3 Å². The van der Waals surface area contributed by atoms with E-state index in [-0.39, 0.29) is 12.2 Å². The average Bonchev–Trinajstić information content (AvgIpc) is 3.17. The number of benzene rings is 2. The van der Waals surface area contributed by atoms with E-state index in [1.165, 1.54) is 16.9 Å². The predicted molar refractivity (Wildman–Crippen MR) is 113 cm³/mol. The summed E-state index contributed by atoms with van der Waals surface area (Å²) >= 11 is 1.44. The van der Waals surface area contributed by atoms with E-state index >= 15 is 0 Å². The summed E-state index contributed by atoms with van der Waals surface area (Å²) in [5.74, 6) is 0. The SMILES string of the molecule is CC(c1ccc(-c2c(CO)ccc3[nH]c(=O)c4sccc4c23)cc1)N(C)C. The molecule has 2 heterocycles. The molecule has 0 spiro atoms. The van der Waals surface area contributed by atoms with Crippen molar-refractivity contribution in [3.63, 3.8) is 0 Å². The molecular formula is C22H22N2O2S. The zero-order valence-corrected chi connectivity index (χ0v) is 16.4. The fourth-order valence-corrected chi connectivity index (χ4v) is 4.37. The van der Waals surface area contributed by atoms with Gasteiger partial charge < -0.3 is 15.0 Å². The molecular weight excluding hydrogens is 356 g/mol. The number of pyridine rings is 1. The number of fused-ring (bicyclic) bond motifs is 3. The third kappa shape index (κ3) is 2.98. The fraction of sp³-hybridized carbons (Fsp3) is 0.227. The quantitative estimate of drug-likeness (QED) is 0.549. The van der Waals surface area contributed by atoms with Gasteiger partial charge in [-0.1, -0.05) is 30.3 Å². The maximum Gasteiger partial charge on any atom is 0.266 e. The van der Waals surface area contributed by atoms with Crippen molar-refractivity contribution in [3.05, 3.63) is 69.3 Å². The van der Waals surface area contributed by atoms with Crippen LogP contribution in [0.15, 0.2) is 52.6 Å². The molecule has 1 atom stereocenters. The number of rotatable bonds is 4. The number of thiophene rings is 1. The fourth-order valence-electron chi connectivity index (χ4n) is 3.58. The molecule has 0 bridgehead atoms. The Labute approximate surface area is 161 Å². The first-order valence-corrected chi connectivity index (χ1v) is 9.82. The van der Waals surface area contributed by atoms with Crippen molar-refractivity contribution >= 4 is 32.3 Å². The molecule has 0 aliphatic carbocycles. The molecule has 0 saturated carbocycles. The van der Waals surface area contributed by atoms with E-state index < -0.39 is 0 Å². The maximum absolute atomic E-state index is 12.3. The Morgan fingerprint density at radius 2 is 1.85 bits per heavy atom. The summed E-state index contributed by atoms with van der Waals surface area (Å²) < 4.78 is 0.719. The summed E-state index contributed by atoms with van der Waals surface area (Å²) in [4.78, 5) is 17.5. The number of aromatic amines is 1. The van der Waals surface area contributed by atoms with Gasteiger partial charge >= 0.3 is 0 Å². The van der Waals surface area contributed by atoms with Gasteiger partial charge in [-0.2, -0.15) is 0 Å². The standard InChI is InChI=1S/C22H22N2O2S/c1-13(24(2)3)14-4-6-15(7-5-14)19-16(12-25)8-9-18-20(19)17-10-11-27-21(17)22(26)23-18/h4-11,13,25H,12H2,1-3H3,(H,23,26). The molecule has 27 heavy (non-hydrogen) atoms. The Balaban J connectivity index is 2.00. The van der Waals surface area contributed by atoms with Crippen LogP contribution in [-0.4, -0.2) is 29.1 Å². The molecule has 4 rings (SSSR count). The van der Waals surface area contributed by atoms with Crippen molar-refractivity contribution in [1.29, 1.82) is 0 Å². The minimum absolute atomic E-state index is 0.0497. The second-order valence-electron chi connectivity index (χ2n) is 7.06. The van der Waals surface area contributed by atoms with E-state index in [0.29, 0.717) is 6.04 Å². The predicted octanol–water partition coefficient (Wildman–Crippen LogP) is 4.52. The van der Waals surface area contributed by atoms with Crippen LogP contribution in [0, 0.1) is 0 Å². The van der Waals surface area contributed by atoms with E-state index in [2.05, 4.69) is 55.2 Å². The Hall–Kier alpha value is -2.47. The lowest BCUT2D eigenvalue weighted by Gasteiger charge is -2.20. The first kappa shape index (κ1) is 17.9. The molecule has 0 saturated heterocycles. The van der Waals surface area contributed by atoms with E-state index in [4.69, 9.17) is 0 Å². The smallest absolute Gasteiger partial charge is 0.266 e. The highest BCUT2D eigenvalue weighted by molar-refractivity contribution is 7.17. The number of aromatic nitrogens is 1. The third-order valence-corrected chi connectivity index (χ3v) is 6.22. The zero-order valence-electron chi connectivity index (χ0n) is 15.6. The summed E-state index contributed by atoms with van der Waals surface area (Å²) in [5.41, 5.74) is 4.85. The maximum atomic E-state index is 12.3. The summed E-state index contributed by atoms with van der Waals surface area (Å²) in [6, 6.07) is 14.6. The molecule has 138 valence electrons. The lowest BCUT2D eigenvalue weighted by Crippen LogP contribution is -2.16. The largest absolute Gasteiger partial charge is 0.392 e. The molecule has 2 aromatic heterocycles. The highest BCUT2D eigenvalue weighted by Gasteiger charge is 2.16. The molecule has 0 amide bonds. The molecule has 0 radical (unpaired) electrons. The monoisotopic (exact) mass is 378 g/mol. The van der Waals surface area contributed by atoms with Gasteiger partial charge in [0.15, 0.2) is 0 Å². The van der Waals surface area contributed by atoms with Crippen LogP contribution < -0.4 is 5.56 Å². The van der Waals surface area contributed by atoms with Gasteiger partial charge in [-0.05, 0) is 60.8 Å². The molecule has 2 aromatic carbocycles. The number of nitrogens with zero attached hydrogens (tertiary/aromatic N) is 1. The van der Waals surface area contributed by atoms with Gasteiger partial charge in [-0.3, -0.25) is 4.79 Å². The summed E-state index contributed by atoms with van der Waals surface area (Å²) in [7, 11) is 4.13. The van der Waals surface area contributed by atoms with Gasteiger partial charge in [0.1, 0.15) is 4.70 Å². The minimum Gasteiger partial charge on any atom is -0.392 e. The average molecular weight is 378 g/mol. The number of aliphatic hydroxyl groups is 1. The van der Waals surface area contributed by atoms with E-state index in [1.807, 2.05) is 23.6 Å². The highest BCUT2D eigenvalue weighted by Crippen LogP contribution is 2.37. The van der Waals surface area contributed by atoms with Gasteiger partial charge in [-0.25, -0.2) is 0 Å². The Morgan fingerprint density at radius 1 is 1.11 bits per heavy atom. The summed E-state index contributed by atoms with van der Waals surface area (Å²) in [6.45, 7) is 2.12. The Bertz CT molecular complexity index is 1170. The van der Waals surface area contributed by atoms with Crippen molar-refractivity contribution in [2.75, 3.05) is 14.1 Å². The first-order valence-electron chi connectivity index (χ1n) is 8.94. The molecule has 0 fully saturated rings. The first-order chi connectivity index (χ1) is 13.0. The van der Waals surface area contributed by atoms with Crippen LogP contribution in [0.4, 0.5) is 0 Å². The highest BCUT2D eigenvalue weighted by atomic mass is 32.1. The Morgan fingerprint density at radius 3 is 2.52 bits per heavy atom. The van der Waals surface area contributed by atoms with Crippen LogP contribution in [0.2, 0.25) is 0 Å². The van der Waals surface area contributed by atoms with Crippen LogP contribution in [-0.2, 0) is 6.61 Å². The third-order valence-electron chi connectivity index (χ3n) is 5.31. The van der Waals surface area contributed by atoms with E-state index in [1.54, 1.807) is 0 Å². The van der Waals surface area contributed by atoms with E-state index in [0.717, 1.165) is 37.7 Å². The van der Waals surface area contributed by atoms with Crippen LogP contribution in [0.5, 0.6) is 0 Å². The zero-order chi connectivity index (χ0) is 19.1. The molecule has 1 unspecified atom stereocenters. The van der Waals surface area contributed by atoms with Crippen LogP contribution >= 0.6 is 11.3 Å². The van der Waals surface area contributed by atoms with Gasteiger partial charge in [0.25, 0.3) is 5.56 Å². The van der Waals surface area contributed by atoms with Gasteiger partial charge in [0.2, 0.25) is 0 Å². The second-order valence-corrected chi connectivity index (χ2v) is 7.98. The number of nitrogens with one attached hydrogen (secondary N) is 1. The number of hydrogen-bond donors (Lipinski definition) is 2. The molecule has 4 nitrogen and oxygen atoms in total. The van der Waals surface area contributed by atoms with Crippen molar-refractivity contribution < 1.29 is 5.11 Å². The minimum atomic E-state index is -0.0645. The van der Waals surface area contributed by atoms with E-state index in [9.17, 15) is 9.90 Å². The van der Waals surface area contributed by atoms with Gasteiger partial charge in [0.05, 0.1) is 6.61 Å². The summed E-state index contributed by atoms with van der Waals surface area (Å²) in [6.07, 6.45) is 0. The lowest BCUT2D eigenvalue weighted by molar-refractivity contribution is 0.282. The second kappa shape index (κ2) is 6.93. The Kier molecular flexibility index (Phi) is 4.60. The lowest BCUT2D eigenvalue weighted by atomic mass is 9.92. The van der Waals surface area contributed by atoms with Gasteiger partial charge in [-0.15, -0.1) is 11.3 Å². The van der Waals surface area contributed by atoms with Crippen molar-refractivity contribution in [2.24, 2.45) is 0 Å². The van der Waals surface area contributed by atoms with Crippen molar-refractivity contribution in [2.45, 2.75) is 19.6 Å². The van der Waals surface area contributed by atoms with Crippen LogP contribution in [0.25, 0.3) is 32.1 Å². The molecule has 4 aromatic rings. The molecule has 2 N–H and O–H groups in total. The normalized spacial score (nSPS) is 12.9. The molecule has 5 heteroatoms. The van der Waals surface area contributed by atoms with Crippen molar-refractivity contribution in [1.82, 2.24) is 9.88 Å². The summed E-state index contributed by atoms with van der Waals surface area (Å²) in [5, 5.41) is 13.8. The molecule has 0 aliphatic rings. The van der Waals surface area contributed by atoms with Crippen LogP contribution in [0.3, 0.4) is 0 Å². The van der Waals surface area contributed by atoms with Crippen molar-refractivity contribution in [3.8, 4) is 11.1 Å². The number of H-pyrrole nitrogens is 1. The molecule has 0 aliphatic heterocycles. The number of hydrogen-bond acceptors (Lipinski definition) is 4. The number of aliphatic hydroxyl groups excluding tert-OH is 1.